The number of aromatic amines is 1. The minimum Gasteiger partial charge on any atom is -0.486 e. The Hall–Kier alpha value is -3.46. The summed E-state index contributed by atoms with van der Waals surface area (Å²) in [5.41, 5.74) is 2.78. The monoisotopic (exact) mass is 436 g/mol. The Morgan fingerprint density at radius 1 is 1.16 bits per heavy atom. The number of aromatic nitrogens is 3. The summed E-state index contributed by atoms with van der Waals surface area (Å²) >= 11 is 1.20. The van der Waals surface area contributed by atoms with Gasteiger partial charge in [-0.1, -0.05) is 36.0 Å². The van der Waals surface area contributed by atoms with E-state index in [1.54, 1.807) is 0 Å². The summed E-state index contributed by atoms with van der Waals surface area (Å²) in [6.45, 7) is 3.00. The van der Waals surface area contributed by atoms with Gasteiger partial charge in [-0.3, -0.25) is 4.79 Å². The fourth-order valence-corrected chi connectivity index (χ4v) is 4.02. The fourth-order valence-electron chi connectivity index (χ4n) is 3.45. The summed E-state index contributed by atoms with van der Waals surface area (Å²) in [6, 6.07) is 13.4. The molecule has 5 rings (SSSR count). The quantitative estimate of drug-likeness (QED) is 0.441. The molecule has 8 nitrogen and oxygen atoms in total. The van der Waals surface area contributed by atoms with Gasteiger partial charge in [0, 0.05) is 17.1 Å². The second-order valence-electron chi connectivity index (χ2n) is 7.10. The van der Waals surface area contributed by atoms with Crippen LogP contribution in [0.3, 0.4) is 0 Å². The first-order chi connectivity index (χ1) is 15.2. The largest absolute Gasteiger partial charge is 0.486 e. The van der Waals surface area contributed by atoms with Crippen molar-refractivity contribution in [3.05, 3.63) is 54.2 Å². The van der Waals surface area contributed by atoms with Gasteiger partial charge in [-0.2, -0.15) is 0 Å². The zero-order valence-electron chi connectivity index (χ0n) is 16.8. The van der Waals surface area contributed by atoms with Gasteiger partial charge < -0.3 is 24.2 Å². The second kappa shape index (κ2) is 8.35. The number of thioether (sulfide) groups is 1. The maximum Gasteiger partial charge on any atom is 0.277 e. The van der Waals surface area contributed by atoms with Crippen LogP contribution in [-0.4, -0.2) is 40.1 Å². The third-order valence-corrected chi connectivity index (χ3v) is 5.82. The van der Waals surface area contributed by atoms with E-state index in [9.17, 15) is 4.79 Å². The Morgan fingerprint density at radius 3 is 2.90 bits per heavy atom. The van der Waals surface area contributed by atoms with Crippen molar-refractivity contribution in [1.82, 2.24) is 20.5 Å². The molecule has 31 heavy (non-hydrogen) atoms. The molecular weight excluding hydrogens is 416 g/mol. The maximum absolute atomic E-state index is 12.4. The summed E-state index contributed by atoms with van der Waals surface area (Å²) in [6.07, 6.45) is 1.84. The molecule has 0 bridgehead atoms. The molecule has 0 saturated heterocycles. The molecule has 2 N–H and O–H groups in total. The van der Waals surface area contributed by atoms with Crippen molar-refractivity contribution in [2.24, 2.45) is 0 Å². The van der Waals surface area contributed by atoms with Gasteiger partial charge in [0.2, 0.25) is 5.91 Å². The SMILES string of the molecule is CC(NC(=O)CSc1nnc(-c2c[nH]c3ccccc23)o1)c1ccc2c(c1)OCCO2. The van der Waals surface area contributed by atoms with Gasteiger partial charge >= 0.3 is 0 Å². The van der Waals surface area contributed by atoms with Gasteiger partial charge in [-0.05, 0) is 30.7 Å². The zero-order valence-corrected chi connectivity index (χ0v) is 17.6. The molecule has 1 aliphatic rings. The molecule has 158 valence electrons. The number of hydrogen-bond acceptors (Lipinski definition) is 7. The molecule has 9 heteroatoms. The summed E-state index contributed by atoms with van der Waals surface area (Å²) in [4.78, 5) is 15.6. The van der Waals surface area contributed by atoms with E-state index in [0.717, 1.165) is 27.8 Å². The van der Waals surface area contributed by atoms with Crippen LogP contribution in [0.1, 0.15) is 18.5 Å². The lowest BCUT2D eigenvalue weighted by molar-refractivity contribution is -0.119. The molecule has 1 atom stereocenters. The van der Waals surface area contributed by atoms with E-state index >= 15 is 0 Å². The lowest BCUT2D eigenvalue weighted by Crippen LogP contribution is -2.28. The van der Waals surface area contributed by atoms with Crippen molar-refractivity contribution in [3.63, 3.8) is 0 Å². The number of nitrogens with one attached hydrogen (secondary N) is 2. The van der Waals surface area contributed by atoms with Crippen molar-refractivity contribution in [3.8, 4) is 23.0 Å². The predicted octanol–water partition coefficient (Wildman–Crippen LogP) is 3.96. The Labute approximate surface area is 182 Å². The lowest BCUT2D eigenvalue weighted by atomic mass is 10.1. The molecule has 1 aliphatic heterocycles. The highest BCUT2D eigenvalue weighted by atomic mass is 32.2. The van der Waals surface area contributed by atoms with Crippen molar-refractivity contribution >= 4 is 28.6 Å². The van der Waals surface area contributed by atoms with E-state index in [4.69, 9.17) is 13.9 Å². The number of benzene rings is 2. The zero-order chi connectivity index (χ0) is 21.2. The Morgan fingerprint density at radius 2 is 2.00 bits per heavy atom. The number of hydrogen-bond donors (Lipinski definition) is 2. The first-order valence-corrected chi connectivity index (χ1v) is 10.9. The fraction of sp³-hybridized carbons (Fsp3) is 0.227. The van der Waals surface area contributed by atoms with E-state index in [-0.39, 0.29) is 17.7 Å². The van der Waals surface area contributed by atoms with E-state index in [0.29, 0.717) is 30.1 Å². The molecule has 2 aromatic carbocycles. The molecule has 0 aliphatic carbocycles. The van der Waals surface area contributed by atoms with Crippen LogP contribution in [0.2, 0.25) is 0 Å². The van der Waals surface area contributed by atoms with Gasteiger partial charge in [0.1, 0.15) is 13.2 Å². The summed E-state index contributed by atoms with van der Waals surface area (Å²) in [7, 11) is 0. The number of carbonyl (C=O) groups is 1. The van der Waals surface area contributed by atoms with Crippen LogP contribution >= 0.6 is 11.8 Å². The Kier molecular flexibility index (Phi) is 5.25. The molecule has 3 heterocycles. The van der Waals surface area contributed by atoms with Crippen LogP contribution in [0.5, 0.6) is 11.5 Å². The number of rotatable bonds is 6. The van der Waals surface area contributed by atoms with E-state index in [1.807, 2.05) is 55.6 Å². The van der Waals surface area contributed by atoms with Crippen LogP contribution in [0.15, 0.2) is 58.3 Å². The number of fused-ring (bicyclic) bond motifs is 2. The highest BCUT2D eigenvalue weighted by molar-refractivity contribution is 7.99. The molecule has 0 fully saturated rings. The van der Waals surface area contributed by atoms with Crippen molar-refractivity contribution in [2.45, 2.75) is 18.2 Å². The highest BCUT2D eigenvalue weighted by Gasteiger charge is 2.17. The van der Waals surface area contributed by atoms with Crippen molar-refractivity contribution < 1.29 is 18.7 Å². The lowest BCUT2D eigenvalue weighted by Gasteiger charge is -2.21. The topological polar surface area (TPSA) is 102 Å². The smallest absolute Gasteiger partial charge is 0.277 e. The summed E-state index contributed by atoms with van der Waals surface area (Å²) in [5, 5.41) is 12.5. The normalized spacial score (nSPS) is 13.8. The first kappa shape index (κ1) is 19.5. The van der Waals surface area contributed by atoms with E-state index < -0.39 is 0 Å². The second-order valence-corrected chi connectivity index (χ2v) is 8.03. The number of nitrogens with zero attached hydrogens (tertiary/aromatic N) is 2. The number of carbonyl (C=O) groups excluding carboxylic acids is 1. The first-order valence-electron chi connectivity index (χ1n) is 9.89. The number of H-pyrrole nitrogens is 1. The molecule has 0 spiro atoms. The van der Waals surface area contributed by atoms with Gasteiger partial charge in [-0.15, -0.1) is 10.2 Å². The minimum absolute atomic E-state index is 0.126. The van der Waals surface area contributed by atoms with Crippen molar-refractivity contribution in [1.29, 1.82) is 0 Å². The third kappa shape index (κ3) is 4.09. The molecule has 4 aromatic rings. The highest BCUT2D eigenvalue weighted by Crippen LogP contribution is 2.33. The number of amides is 1. The van der Waals surface area contributed by atoms with Crippen LogP contribution in [0, 0.1) is 0 Å². The summed E-state index contributed by atoms with van der Waals surface area (Å²) in [5.74, 6) is 1.90. The molecule has 1 amide bonds. The molecule has 2 aromatic heterocycles. The third-order valence-electron chi connectivity index (χ3n) is 5.00. The summed E-state index contributed by atoms with van der Waals surface area (Å²) < 4.78 is 16.9. The van der Waals surface area contributed by atoms with Gasteiger partial charge in [0.25, 0.3) is 11.1 Å². The number of ether oxygens (including phenoxy) is 2. The Balaban J connectivity index is 1.19. The average molecular weight is 436 g/mol. The molecule has 0 radical (unpaired) electrons. The van der Waals surface area contributed by atoms with Gasteiger partial charge in [0.15, 0.2) is 11.5 Å². The maximum atomic E-state index is 12.4. The predicted molar refractivity (Wildman–Crippen MR) is 116 cm³/mol. The van der Waals surface area contributed by atoms with Gasteiger partial charge in [0.05, 0.1) is 17.4 Å². The van der Waals surface area contributed by atoms with Crippen LogP contribution in [0.4, 0.5) is 0 Å². The average Bonchev–Trinajstić information content (AvgIpc) is 3.44. The van der Waals surface area contributed by atoms with Gasteiger partial charge in [-0.25, -0.2) is 0 Å². The number of para-hydroxylation sites is 1. The van der Waals surface area contributed by atoms with E-state index in [2.05, 4.69) is 20.5 Å². The van der Waals surface area contributed by atoms with E-state index in [1.165, 1.54) is 11.8 Å². The standard InChI is InChI=1S/C22H20N4O4S/c1-13(14-6-7-18-19(10-14)29-9-8-28-18)24-20(27)12-31-22-26-25-21(30-22)16-11-23-17-5-3-2-4-15(16)17/h2-7,10-11,13,23H,8-9,12H2,1H3,(H,24,27). The minimum atomic E-state index is -0.173. The van der Waals surface area contributed by atoms with Crippen LogP contribution in [-0.2, 0) is 4.79 Å². The molecular formula is C22H20N4O4S. The van der Waals surface area contributed by atoms with Crippen molar-refractivity contribution in [2.75, 3.05) is 19.0 Å². The molecule has 1 unspecified atom stereocenters. The van der Waals surface area contributed by atoms with Crippen LogP contribution < -0.4 is 14.8 Å². The molecule has 0 saturated carbocycles. The Bertz CT molecular complexity index is 1240. The van der Waals surface area contributed by atoms with Crippen LogP contribution in [0.25, 0.3) is 22.4 Å².